The summed E-state index contributed by atoms with van der Waals surface area (Å²) in [5.41, 5.74) is 1.72. The molecule has 1 N–H and O–H groups in total. The lowest BCUT2D eigenvalue weighted by Gasteiger charge is -2.36. The maximum absolute atomic E-state index is 12.7. The van der Waals surface area contributed by atoms with Gasteiger partial charge in [0.1, 0.15) is 0 Å². The number of rotatable bonds is 5. The van der Waals surface area contributed by atoms with Crippen LogP contribution in [0.15, 0.2) is 54.6 Å². The van der Waals surface area contributed by atoms with Crippen LogP contribution in [0.3, 0.4) is 0 Å². The number of carboxylic acids is 1. The quantitative estimate of drug-likeness (QED) is 0.843. The van der Waals surface area contributed by atoms with E-state index < -0.39 is 5.97 Å². The molecule has 2 aromatic carbocycles. The number of urea groups is 1. The number of amides is 3. The lowest BCUT2D eigenvalue weighted by Crippen LogP contribution is -2.53. The third-order valence-corrected chi connectivity index (χ3v) is 5.08. The average Bonchev–Trinajstić information content (AvgIpc) is 2.74. The third kappa shape index (κ3) is 5.13. The molecule has 1 fully saturated rings. The SMILES string of the molecule is CN(Cc1ccccc1)C(=O)N1CCN(C(=O)Cc2ccccc2C(=O)O)CC1. The fraction of sp³-hybridized carbons (Fsp3) is 0.318. The second kappa shape index (κ2) is 9.23. The van der Waals surface area contributed by atoms with Gasteiger partial charge in [-0.1, -0.05) is 48.5 Å². The molecule has 3 amide bonds. The van der Waals surface area contributed by atoms with Gasteiger partial charge in [0.2, 0.25) is 5.91 Å². The van der Waals surface area contributed by atoms with Gasteiger partial charge < -0.3 is 19.8 Å². The van der Waals surface area contributed by atoms with Crippen LogP contribution in [0, 0.1) is 0 Å². The number of hydrogen-bond acceptors (Lipinski definition) is 3. The highest BCUT2D eigenvalue weighted by molar-refractivity contribution is 5.91. The number of carboxylic acid groups (broad SMARTS) is 1. The molecule has 0 atom stereocenters. The minimum absolute atomic E-state index is 0.0460. The van der Waals surface area contributed by atoms with Crippen molar-refractivity contribution in [3.63, 3.8) is 0 Å². The number of carbonyl (C=O) groups is 3. The summed E-state index contributed by atoms with van der Waals surface area (Å²) in [6.45, 7) is 2.34. The molecule has 152 valence electrons. The fourth-order valence-electron chi connectivity index (χ4n) is 3.47. The van der Waals surface area contributed by atoms with Gasteiger partial charge in [-0.15, -0.1) is 0 Å². The van der Waals surface area contributed by atoms with Crippen molar-refractivity contribution in [2.75, 3.05) is 33.2 Å². The normalized spacial score (nSPS) is 13.8. The van der Waals surface area contributed by atoms with Gasteiger partial charge in [0, 0.05) is 39.8 Å². The molecular formula is C22H25N3O4. The molecule has 0 aliphatic carbocycles. The summed E-state index contributed by atoms with van der Waals surface area (Å²) in [4.78, 5) is 41.7. The van der Waals surface area contributed by atoms with Gasteiger partial charge in [-0.25, -0.2) is 9.59 Å². The Hall–Kier alpha value is -3.35. The van der Waals surface area contributed by atoms with Crippen molar-refractivity contribution in [1.82, 2.24) is 14.7 Å². The molecule has 1 aliphatic heterocycles. The molecule has 7 nitrogen and oxygen atoms in total. The summed E-state index contributed by atoms with van der Waals surface area (Å²) < 4.78 is 0. The molecule has 0 spiro atoms. The van der Waals surface area contributed by atoms with Crippen LogP contribution in [0.2, 0.25) is 0 Å². The Labute approximate surface area is 170 Å². The summed E-state index contributed by atoms with van der Waals surface area (Å²) in [5.74, 6) is -1.16. The van der Waals surface area contributed by atoms with E-state index in [4.69, 9.17) is 0 Å². The van der Waals surface area contributed by atoms with E-state index in [-0.39, 0.29) is 23.9 Å². The predicted octanol–water partition coefficient (Wildman–Crippen LogP) is 2.32. The zero-order chi connectivity index (χ0) is 20.8. The topological polar surface area (TPSA) is 81.2 Å². The summed E-state index contributed by atoms with van der Waals surface area (Å²) in [5, 5.41) is 9.27. The molecule has 0 radical (unpaired) electrons. The van der Waals surface area contributed by atoms with Crippen molar-refractivity contribution in [2.24, 2.45) is 0 Å². The van der Waals surface area contributed by atoms with Gasteiger partial charge in [0.05, 0.1) is 12.0 Å². The first-order valence-corrected chi connectivity index (χ1v) is 9.58. The minimum Gasteiger partial charge on any atom is -0.478 e. The molecule has 3 rings (SSSR count). The second-order valence-electron chi connectivity index (χ2n) is 7.13. The maximum Gasteiger partial charge on any atom is 0.335 e. The van der Waals surface area contributed by atoms with Gasteiger partial charge in [-0.2, -0.15) is 0 Å². The van der Waals surface area contributed by atoms with Crippen molar-refractivity contribution >= 4 is 17.9 Å². The smallest absolute Gasteiger partial charge is 0.335 e. The Kier molecular flexibility index (Phi) is 6.49. The standard InChI is InChI=1S/C22H25N3O4/c1-23(16-17-7-3-2-4-8-17)22(29)25-13-11-24(12-14-25)20(26)15-18-9-5-6-10-19(18)21(27)28/h2-10H,11-16H2,1H3,(H,27,28). The Morgan fingerprint density at radius 1 is 0.897 bits per heavy atom. The van der Waals surface area contributed by atoms with Crippen LogP contribution >= 0.6 is 0 Å². The minimum atomic E-state index is -1.04. The summed E-state index contributed by atoms with van der Waals surface area (Å²) >= 11 is 0. The Morgan fingerprint density at radius 2 is 1.48 bits per heavy atom. The average molecular weight is 395 g/mol. The number of nitrogens with zero attached hydrogens (tertiary/aromatic N) is 3. The number of aromatic carboxylic acids is 1. The van der Waals surface area contributed by atoms with Crippen LogP contribution in [-0.4, -0.2) is 70.9 Å². The summed E-state index contributed by atoms with van der Waals surface area (Å²) in [7, 11) is 1.77. The largest absolute Gasteiger partial charge is 0.478 e. The van der Waals surface area contributed by atoms with Crippen molar-refractivity contribution in [1.29, 1.82) is 0 Å². The lowest BCUT2D eigenvalue weighted by molar-refractivity contribution is -0.131. The molecule has 0 aromatic heterocycles. The van der Waals surface area contributed by atoms with E-state index in [0.717, 1.165) is 5.56 Å². The Morgan fingerprint density at radius 3 is 2.14 bits per heavy atom. The van der Waals surface area contributed by atoms with Crippen LogP contribution in [0.1, 0.15) is 21.5 Å². The summed E-state index contributed by atoms with van der Waals surface area (Å²) in [6.07, 6.45) is 0.0460. The van der Waals surface area contributed by atoms with Crippen LogP contribution in [0.25, 0.3) is 0 Å². The second-order valence-corrected chi connectivity index (χ2v) is 7.13. The molecule has 0 bridgehead atoms. The van der Waals surface area contributed by atoms with E-state index >= 15 is 0 Å². The van der Waals surface area contributed by atoms with Crippen LogP contribution in [0.5, 0.6) is 0 Å². The van der Waals surface area contributed by atoms with Crippen molar-refractivity contribution in [2.45, 2.75) is 13.0 Å². The van der Waals surface area contributed by atoms with Crippen LogP contribution in [-0.2, 0) is 17.8 Å². The first-order chi connectivity index (χ1) is 14.0. The van der Waals surface area contributed by atoms with Gasteiger partial charge in [0.15, 0.2) is 0 Å². The van der Waals surface area contributed by atoms with Gasteiger partial charge in [-0.3, -0.25) is 4.79 Å². The highest BCUT2D eigenvalue weighted by atomic mass is 16.4. The Bertz CT molecular complexity index is 877. The van der Waals surface area contributed by atoms with Gasteiger partial charge in [-0.05, 0) is 17.2 Å². The van der Waals surface area contributed by atoms with E-state index in [1.54, 1.807) is 39.9 Å². The molecule has 29 heavy (non-hydrogen) atoms. The third-order valence-electron chi connectivity index (χ3n) is 5.08. The molecule has 7 heteroatoms. The fourth-order valence-corrected chi connectivity index (χ4v) is 3.47. The van der Waals surface area contributed by atoms with E-state index in [1.807, 2.05) is 30.3 Å². The highest BCUT2D eigenvalue weighted by Crippen LogP contribution is 2.13. The monoisotopic (exact) mass is 395 g/mol. The van der Waals surface area contributed by atoms with Crippen molar-refractivity contribution in [3.05, 3.63) is 71.3 Å². The van der Waals surface area contributed by atoms with Crippen LogP contribution in [0.4, 0.5) is 4.79 Å². The van der Waals surface area contributed by atoms with E-state index in [9.17, 15) is 19.5 Å². The predicted molar refractivity (Wildman–Crippen MR) is 109 cm³/mol. The van der Waals surface area contributed by atoms with Crippen molar-refractivity contribution in [3.8, 4) is 0 Å². The van der Waals surface area contributed by atoms with Gasteiger partial charge in [0.25, 0.3) is 0 Å². The molecular weight excluding hydrogens is 370 g/mol. The lowest BCUT2D eigenvalue weighted by atomic mass is 10.0. The zero-order valence-corrected chi connectivity index (χ0v) is 16.5. The molecule has 0 unspecified atom stereocenters. The van der Waals surface area contributed by atoms with Crippen molar-refractivity contribution < 1.29 is 19.5 Å². The molecule has 0 saturated carbocycles. The summed E-state index contributed by atoms with van der Waals surface area (Å²) in [6, 6.07) is 16.3. The molecule has 1 heterocycles. The highest BCUT2D eigenvalue weighted by Gasteiger charge is 2.26. The number of hydrogen-bond donors (Lipinski definition) is 1. The number of piperazine rings is 1. The number of benzene rings is 2. The maximum atomic E-state index is 12.7. The number of carbonyl (C=O) groups excluding carboxylic acids is 2. The molecule has 1 aliphatic rings. The molecule has 1 saturated heterocycles. The Balaban J connectivity index is 1.53. The zero-order valence-electron chi connectivity index (χ0n) is 16.5. The van der Waals surface area contributed by atoms with E-state index in [1.165, 1.54) is 6.07 Å². The first-order valence-electron chi connectivity index (χ1n) is 9.58. The van der Waals surface area contributed by atoms with E-state index in [0.29, 0.717) is 38.3 Å². The van der Waals surface area contributed by atoms with Crippen LogP contribution < -0.4 is 0 Å². The van der Waals surface area contributed by atoms with Gasteiger partial charge >= 0.3 is 12.0 Å². The van der Waals surface area contributed by atoms with E-state index in [2.05, 4.69) is 0 Å². The molecule has 2 aromatic rings. The first kappa shape index (κ1) is 20.4.